The molecule has 0 atom stereocenters. The number of aromatic amines is 1. The van der Waals surface area contributed by atoms with Gasteiger partial charge in [0.05, 0.1) is 13.0 Å². The number of hydrogen-bond donors (Lipinski definition) is 2. The fourth-order valence-corrected chi connectivity index (χ4v) is 2.73. The van der Waals surface area contributed by atoms with Crippen molar-refractivity contribution < 1.29 is 9.53 Å². The number of aromatic nitrogens is 1. The van der Waals surface area contributed by atoms with Gasteiger partial charge < -0.3 is 15.0 Å². The maximum absolute atomic E-state index is 12.2. The number of methoxy groups -OCH3 is 1. The third-order valence-corrected chi connectivity index (χ3v) is 3.92. The van der Waals surface area contributed by atoms with Crippen LogP contribution in [0.15, 0.2) is 54.7 Å². The average Bonchev–Trinajstić information content (AvgIpc) is 2.98. The summed E-state index contributed by atoms with van der Waals surface area (Å²) >= 11 is 0. The van der Waals surface area contributed by atoms with Crippen molar-refractivity contribution in [2.75, 3.05) is 7.11 Å². The Bertz CT molecular complexity index is 808. The molecule has 0 unspecified atom stereocenters. The maximum Gasteiger partial charge on any atom is 0.224 e. The summed E-state index contributed by atoms with van der Waals surface area (Å²) in [5.41, 5.74) is 4.26. The zero-order valence-corrected chi connectivity index (χ0v) is 13.1. The fourth-order valence-electron chi connectivity index (χ4n) is 2.73. The van der Waals surface area contributed by atoms with E-state index in [2.05, 4.69) is 10.3 Å². The lowest BCUT2D eigenvalue weighted by Crippen LogP contribution is -2.25. The first-order valence-electron chi connectivity index (χ1n) is 7.65. The summed E-state index contributed by atoms with van der Waals surface area (Å²) in [4.78, 5) is 15.4. The fraction of sp³-hybridized carbons (Fsp3) is 0.211. The van der Waals surface area contributed by atoms with Crippen molar-refractivity contribution in [1.82, 2.24) is 10.3 Å². The zero-order valence-electron chi connectivity index (χ0n) is 13.1. The molecule has 2 N–H and O–H groups in total. The van der Waals surface area contributed by atoms with Gasteiger partial charge in [-0.25, -0.2) is 0 Å². The van der Waals surface area contributed by atoms with Crippen LogP contribution in [0.3, 0.4) is 0 Å². The van der Waals surface area contributed by atoms with E-state index in [1.54, 1.807) is 7.11 Å². The molecule has 118 valence electrons. The van der Waals surface area contributed by atoms with Gasteiger partial charge in [0.2, 0.25) is 5.91 Å². The molecule has 0 fully saturated rings. The molecule has 3 aromatic rings. The molecule has 23 heavy (non-hydrogen) atoms. The molecule has 0 bridgehead atoms. The lowest BCUT2D eigenvalue weighted by Gasteiger charge is -2.10. The Hall–Kier alpha value is -2.59. The Morgan fingerprint density at radius 1 is 1.04 bits per heavy atom. The smallest absolute Gasteiger partial charge is 0.224 e. The first-order chi connectivity index (χ1) is 11.3. The normalized spacial score (nSPS) is 10.8. The van der Waals surface area contributed by atoms with Crippen LogP contribution in [0.1, 0.15) is 16.7 Å². The van der Waals surface area contributed by atoms with Gasteiger partial charge in [0, 0.05) is 30.8 Å². The number of carbonyl (C=O) groups is 1. The van der Waals surface area contributed by atoms with E-state index in [0.717, 1.165) is 27.6 Å². The lowest BCUT2D eigenvalue weighted by atomic mass is 10.1. The number of hydrogen-bond acceptors (Lipinski definition) is 2. The Morgan fingerprint density at radius 3 is 2.61 bits per heavy atom. The van der Waals surface area contributed by atoms with Crippen LogP contribution in [-0.4, -0.2) is 18.0 Å². The standard InChI is InChI=1S/C19H20N2O2/c1-23-13-15-7-3-2-6-14(15)11-21-19(22)10-16-12-20-18-9-5-4-8-17(16)18/h2-9,12,20H,10-11,13H2,1H3,(H,21,22). The highest BCUT2D eigenvalue weighted by Crippen LogP contribution is 2.18. The second kappa shape index (κ2) is 7.11. The number of fused-ring (bicyclic) bond motifs is 1. The van der Waals surface area contributed by atoms with Gasteiger partial charge in [-0.2, -0.15) is 0 Å². The summed E-state index contributed by atoms with van der Waals surface area (Å²) in [6.07, 6.45) is 2.28. The van der Waals surface area contributed by atoms with Crippen LogP contribution in [0.4, 0.5) is 0 Å². The molecule has 0 aliphatic rings. The molecule has 1 heterocycles. The van der Waals surface area contributed by atoms with Crippen LogP contribution in [-0.2, 0) is 29.1 Å². The van der Waals surface area contributed by atoms with Gasteiger partial charge >= 0.3 is 0 Å². The molecule has 2 aromatic carbocycles. The van der Waals surface area contributed by atoms with Gasteiger partial charge in [-0.15, -0.1) is 0 Å². The summed E-state index contributed by atoms with van der Waals surface area (Å²) in [5, 5.41) is 4.09. The van der Waals surface area contributed by atoms with Crippen LogP contribution in [0.5, 0.6) is 0 Å². The minimum Gasteiger partial charge on any atom is -0.380 e. The van der Waals surface area contributed by atoms with E-state index in [-0.39, 0.29) is 5.91 Å². The largest absolute Gasteiger partial charge is 0.380 e. The Morgan fingerprint density at radius 2 is 1.78 bits per heavy atom. The van der Waals surface area contributed by atoms with Crippen LogP contribution in [0, 0.1) is 0 Å². The molecule has 3 rings (SSSR count). The quantitative estimate of drug-likeness (QED) is 0.735. The third kappa shape index (κ3) is 3.60. The van der Waals surface area contributed by atoms with Crippen LogP contribution in [0.2, 0.25) is 0 Å². The maximum atomic E-state index is 12.2. The highest BCUT2D eigenvalue weighted by molar-refractivity contribution is 5.88. The van der Waals surface area contributed by atoms with E-state index in [1.165, 1.54) is 0 Å². The van der Waals surface area contributed by atoms with Crippen molar-refractivity contribution in [2.45, 2.75) is 19.6 Å². The predicted octanol–water partition coefficient (Wildman–Crippen LogP) is 3.17. The first-order valence-corrected chi connectivity index (χ1v) is 7.65. The average molecular weight is 308 g/mol. The molecule has 0 spiro atoms. The topological polar surface area (TPSA) is 54.1 Å². The second-order valence-electron chi connectivity index (χ2n) is 5.51. The molecule has 4 heteroatoms. The van der Waals surface area contributed by atoms with Gasteiger partial charge in [-0.05, 0) is 22.8 Å². The minimum atomic E-state index is 0.0157. The summed E-state index contributed by atoms with van der Waals surface area (Å²) in [7, 11) is 1.67. The van der Waals surface area contributed by atoms with Crippen molar-refractivity contribution >= 4 is 16.8 Å². The van der Waals surface area contributed by atoms with Crippen LogP contribution in [0.25, 0.3) is 10.9 Å². The monoisotopic (exact) mass is 308 g/mol. The van der Waals surface area contributed by atoms with Gasteiger partial charge in [0.25, 0.3) is 0 Å². The second-order valence-corrected chi connectivity index (χ2v) is 5.51. The summed E-state index contributed by atoms with van der Waals surface area (Å²) < 4.78 is 5.19. The van der Waals surface area contributed by atoms with E-state index >= 15 is 0 Å². The molecule has 4 nitrogen and oxygen atoms in total. The van der Waals surface area contributed by atoms with Crippen molar-refractivity contribution in [3.05, 3.63) is 71.4 Å². The highest BCUT2D eigenvalue weighted by Gasteiger charge is 2.09. The number of H-pyrrole nitrogens is 1. The van der Waals surface area contributed by atoms with Gasteiger partial charge in [-0.1, -0.05) is 42.5 Å². The van der Waals surface area contributed by atoms with Crippen molar-refractivity contribution in [3.63, 3.8) is 0 Å². The number of benzene rings is 2. The molecule has 1 amide bonds. The van der Waals surface area contributed by atoms with E-state index in [4.69, 9.17) is 4.74 Å². The van der Waals surface area contributed by atoms with Crippen molar-refractivity contribution in [1.29, 1.82) is 0 Å². The Balaban J connectivity index is 1.64. The highest BCUT2D eigenvalue weighted by atomic mass is 16.5. The molecule has 0 aliphatic carbocycles. The van der Waals surface area contributed by atoms with Gasteiger partial charge in [0.1, 0.15) is 0 Å². The predicted molar refractivity (Wildman–Crippen MR) is 91.0 cm³/mol. The van der Waals surface area contributed by atoms with Gasteiger partial charge in [-0.3, -0.25) is 4.79 Å². The minimum absolute atomic E-state index is 0.0157. The number of nitrogens with one attached hydrogen (secondary N) is 2. The van der Waals surface area contributed by atoms with Gasteiger partial charge in [0.15, 0.2) is 0 Å². The number of rotatable bonds is 6. The molecule has 0 saturated heterocycles. The number of carbonyl (C=O) groups excluding carboxylic acids is 1. The summed E-state index contributed by atoms with van der Waals surface area (Å²) in [6.45, 7) is 1.06. The van der Waals surface area contributed by atoms with Crippen LogP contribution < -0.4 is 5.32 Å². The molecule has 1 aromatic heterocycles. The molecular weight excluding hydrogens is 288 g/mol. The molecular formula is C19H20N2O2. The van der Waals surface area contributed by atoms with E-state index < -0.39 is 0 Å². The van der Waals surface area contributed by atoms with E-state index in [0.29, 0.717) is 19.6 Å². The van der Waals surface area contributed by atoms with E-state index in [1.807, 2.05) is 54.7 Å². The lowest BCUT2D eigenvalue weighted by molar-refractivity contribution is -0.120. The third-order valence-electron chi connectivity index (χ3n) is 3.92. The first kappa shape index (κ1) is 15.3. The zero-order chi connectivity index (χ0) is 16.1. The SMILES string of the molecule is COCc1ccccc1CNC(=O)Cc1c[nH]c2ccccc12. The van der Waals surface area contributed by atoms with Crippen molar-refractivity contribution in [2.24, 2.45) is 0 Å². The summed E-state index contributed by atoms with van der Waals surface area (Å²) in [6, 6.07) is 16.0. The molecule has 0 aliphatic heterocycles. The Kier molecular flexibility index (Phi) is 4.74. The van der Waals surface area contributed by atoms with Crippen molar-refractivity contribution in [3.8, 4) is 0 Å². The molecule has 0 saturated carbocycles. The van der Waals surface area contributed by atoms with Crippen LogP contribution >= 0.6 is 0 Å². The van der Waals surface area contributed by atoms with E-state index in [9.17, 15) is 4.79 Å². The number of amides is 1. The Labute approximate surface area is 135 Å². The number of ether oxygens (including phenoxy) is 1. The molecule has 0 radical (unpaired) electrons. The summed E-state index contributed by atoms with van der Waals surface area (Å²) in [5.74, 6) is 0.0157. The number of para-hydroxylation sites is 1.